The molecular weight excluding hydrogens is 445 g/mol. The fraction of sp³-hybridized carbons (Fsp3) is 0.143. The van der Waals surface area contributed by atoms with Gasteiger partial charge in [0.15, 0.2) is 0 Å². The molecule has 1 heterocycles. The predicted molar refractivity (Wildman–Crippen MR) is 118 cm³/mol. The minimum atomic E-state index is -4.06. The number of fused-ring (bicyclic) bond motifs is 1. The van der Waals surface area contributed by atoms with Gasteiger partial charge < -0.3 is 5.32 Å². The highest BCUT2D eigenvalue weighted by Gasteiger charge is 2.24. The molecule has 30 heavy (non-hydrogen) atoms. The van der Waals surface area contributed by atoms with Crippen LogP contribution in [0, 0.1) is 0 Å². The Morgan fingerprint density at radius 1 is 1.00 bits per heavy atom. The third kappa shape index (κ3) is 4.01. The average Bonchev–Trinajstić information content (AvgIpc) is 3.20. The average molecular weight is 462 g/mol. The lowest BCUT2D eigenvalue weighted by Crippen LogP contribution is -2.34. The van der Waals surface area contributed by atoms with E-state index in [4.69, 9.17) is 23.2 Å². The quantitative estimate of drug-likeness (QED) is 0.568. The zero-order chi connectivity index (χ0) is 21.3. The van der Waals surface area contributed by atoms with Crippen molar-refractivity contribution in [3.63, 3.8) is 0 Å². The van der Waals surface area contributed by atoms with E-state index in [0.29, 0.717) is 26.9 Å². The van der Waals surface area contributed by atoms with Crippen molar-refractivity contribution in [1.29, 1.82) is 0 Å². The number of nitrogens with zero attached hydrogens (tertiary/aromatic N) is 1. The first-order valence-corrected chi connectivity index (χ1v) is 11.4. The Hall–Kier alpha value is -2.61. The molecule has 154 valence electrons. The van der Waals surface area contributed by atoms with Gasteiger partial charge in [0.05, 0.1) is 15.7 Å². The molecule has 9 heteroatoms. The lowest BCUT2D eigenvalue weighted by molar-refractivity contribution is 0.256. The van der Waals surface area contributed by atoms with Gasteiger partial charge >= 0.3 is 6.03 Å². The molecule has 2 amide bonds. The van der Waals surface area contributed by atoms with Crippen molar-refractivity contribution < 1.29 is 13.2 Å². The summed E-state index contributed by atoms with van der Waals surface area (Å²) in [5.74, 6) is 0. The maximum Gasteiger partial charge on any atom is 0.333 e. The molecule has 3 aromatic rings. The van der Waals surface area contributed by atoms with Crippen molar-refractivity contribution in [1.82, 2.24) is 9.71 Å². The molecule has 6 nitrogen and oxygen atoms in total. The van der Waals surface area contributed by atoms with Crippen molar-refractivity contribution in [2.45, 2.75) is 24.2 Å². The molecule has 1 aliphatic rings. The second kappa shape index (κ2) is 8.26. The van der Waals surface area contributed by atoms with Gasteiger partial charge in [0.25, 0.3) is 10.0 Å². The van der Waals surface area contributed by atoms with Gasteiger partial charge in [-0.05, 0) is 48.6 Å². The Morgan fingerprint density at radius 3 is 2.60 bits per heavy atom. The van der Waals surface area contributed by atoms with Crippen LogP contribution in [-0.2, 0) is 22.9 Å². The molecule has 0 saturated heterocycles. The van der Waals surface area contributed by atoms with Gasteiger partial charge in [-0.15, -0.1) is 0 Å². The maximum absolute atomic E-state index is 12.7. The summed E-state index contributed by atoms with van der Waals surface area (Å²) in [6.45, 7) is 0. The Kier molecular flexibility index (Phi) is 5.69. The molecule has 0 bridgehead atoms. The van der Waals surface area contributed by atoms with Crippen LogP contribution in [0.1, 0.15) is 17.5 Å². The van der Waals surface area contributed by atoms with Crippen LogP contribution in [0.3, 0.4) is 0 Å². The number of rotatable bonds is 4. The molecule has 0 atom stereocenters. The molecule has 0 fully saturated rings. The summed E-state index contributed by atoms with van der Waals surface area (Å²) in [6.07, 6.45) is 5.24. The molecule has 4 rings (SSSR count). The summed E-state index contributed by atoms with van der Waals surface area (Å²) in [7, 11) is -4.06. The summed E-state index contributed by atoms with van der Waals surface area (Å²) in [5, 5.41) is 3.49. The zero-order valence-electron chi connectivity index (χ0n) is 15.7. The number of anilines is 1. The molecular formula is C21H17Cl2N3O3S. The summed E-state index contributed by atoms with van der Waals surface area (Å²) in [4.78, 5) is 16.3. The van der Waals surface area contributed by atoms with E-state index in [-0.39, 0.29) is 4.90 Å². The number of nitrogens with one attached hydrogen (secondary N) is 2. The van der Waals surface area contributed by atoms with Gasteiger partial charge in [-0.3, -0.25) is 4.98 Å². The van der Waals surface area contributed by atoms with Gasteiger partial charge in [-0.1, -0.05) is 47.5 Å². The predicted octanol–water partition coefficient (Wildman–Crippen LogP) is 5.05. The normalized spacial score (nSPS) is 13.0. The first-order valence-electron chi connectivity index (χ1n) is 9.20. The molecule has 0 saturated carbocycles. The van der Waals surface area contributed by atoms with Gasteiger partial charge in [0, 0.05) is 23.5 Å². The SMILES string of the molecule is O=C(Nc1c(-c2cccc(Cl)c2Cl)ccc2c1CCC2)NS(=O)(=O)c1cccnc1. The van der Waals surface area contributed by atoms with Crippen LogP contribution < -0.4 is 10.0 Å². The minimum Gasteiger partial charge on any atom is -0.306 e. The van der Waals surface area contributed by atoms with Crippen LogP contribution in [0.2, 0.25) is 10.0 Å². The van der Waals surface area contributed by atoms with Crippen molar-refractivity contribution in [2.24, 2.45) is 0 Å². The largest absolute Gasteiger partial charge is 0.333 e. The lowest BCUT2D eigenvalue weighted by atomic mass is 9.97. The molecule has 0 aliphatic heterocycles. The Morgan fingerprint density at radius 2 is 1.83 bits per heavy atom. The van der Waals surface area contributed by atoms with Gasteiger partial charge in [-0.2, -0.15) is 0 Å². The number of aryl methyl sites for hydroxylation is 1. The van der Waals surface area contributed by atoms with E-state index >= 15 is 0 Å². The smallest absolute Gasteiger partial charge is 0.306 e. The zero-order valence-corrected chi connectivity index (χ0v) is 18.0. The third-order valence-corrected chi connectivity index (χ3v) is 7.07. The molecule has 2 N–H and O–H groups in total. The molecule has 1 aromatic heterocycles. The number of sulfonamides is 1. The van der Waals surface area contributed by atoms with E-state index in [9.17, 15) is 13.2 Å². The van der Waals surface area contributed by atoms with Crippen LogP contribution in [0.15, 0.2) is 59.8 Å². The highest BCUT2D eigenvalue weighted by Crippen LogP contribution is 2.41. The van der Waals surface area contributed by atoms with Crippen LogP contribution in [0.25, 0.3) is 11.1 Å². The monoisotopic (exact) mass is 461 g/mol. The second-order valence-corrected chi connectivity index (χ2v) is 9.30. The Balaban J connectivity index is 1.71. The number of aromatic nitrogens is 1. The number of benzene rings is 2. The molecule has 0 unspecified atom stereocenters. The number of carbonyl (C=O) groups is 1. The second-order valence-electron chi connectivity index (χ2n) is 6.83. The Bertz CT molecular complexity index is 1230. The molecule has 0 radical (unpaired) electrons. The lowest BCUT2D eigenvalue weighted by Gasteiger charge is -2.18. The van der Waals surface area contributed by atoms with Gasteiger partial charge in [-0.25, -0.2) is 17.9 Å². The van der Waals surface area contributed by atoms with Crippen molar-refractivity contribution in [2.75, 3.05) is 5.32 Å². The highest BCUT2D eigenvalue weighted by atomic mass is 35.5. The summed E-state index contributed by atoms with van der Waals surface area (Å²) in [5.41, 5.74) is 3.95. The van der Waals surface area contributed by atoms with Gasteiger partial charge in [0.1, 0.15) is 4.90 Å². The Labute approximate surface area is 184 Å². The van der Waals surface area contributed by atoms with Crippen LogP contribution >= 0.6 is 23.2 Å². The number of hydrogen-bond acceptors (Lipinski definition) is 4. The van der Waals surface area contributed by atoms with Crippen molar-refractivity contribution in [3.8, 4) is 11.1 Å². The summed E-state index contributed by atoms with van der Waals surface area (Å²) < 4.78 is 27.0. The number of halogens is 2. The van der Waals surface area contributed by atoms with Crippen LogP contribution in [0.5, 0.6) is 0 Å². The van der Waals surface area contributed by atoms with E-state index in [2.05, 4.69) is 10.3 Å². The van der Waals surface area contributed by atoms with Gasteiger partial charge in [0.2, 0.25) is 0 Å². The minimum absolute atomic E-state index is 0.100. The summed E-state index contributed by atoms with van der Waals surface area (Å²) >= 11 is 12.6. The molecule has 1 aliphatic carbocycles. The number of hydrogen-bond donors (Lipinski definition) is 2. The topological polar surface area (TPSA) is 88.2 Å². The number of urea groups is 1. The summed E-state index contributed by atoms with van der Waals surface area (Å²) in [6, 6.07) is 11.1. The van der Waals surface area contributed by atoms with E-state index in [1.807, 2.05) is 16.9 Å². The van der Waals surface area contributed by atoms with E-state index in [1.54, 1.807) is 18.2 Å². The highest BCUT2D eigenvalue weighted by molar-refractivity contribution is 7.90. The van der Waals surface area contributed by atoms with Crippen LogP contribution in [0.4, 0.5) is 10.5 Å². The fourth-order valence-corrected chi connectivity index (χ4v) is 4.84. The first kappa shape index (κ1) is 20.7. The van der Waals surface area contributed by atoms with E-state index in [1.165, 1.54) is 24.5 Å². The molecule has 2 aromatic carbocycles. The number of carbonyl (C=O) groups excluding carboxylic acids is 1. The van der Waals surface area contributed by atoms with Crippen molar-refractivity contribution in [3.05, 3.63) is 76.0 Å². The first-order chi connectivity index (χ1) is 14.4. The van der Waals surface area contributed by atoms with E-state index in [0.717, 1.165) is 30.4 Å². The third-order valence-electron chi connectivity index (χ3n) is 4.93. The maximum atomic E-state index is 12.7. The van der Waals surface area contributed by atoms with Crippen LogP contribution in [-0.4, -0.2) is 19.4 Å². The van der Waals surface area contributed by atoms with Crippen molar-refractivity contribution >= 4 is 44.9 Å². The number of amides is 2. The number of pyridine rings is 1. The molecule has 0 spiro atoms. The standard InChI is InChI=1S/C21H17Cl2N3O3S/c22-18-8-2-7-16(19(18)23)17-10-9-13-4-1-6-15(13)20(17)25-21(27)26-30(28,29)14-5-3-11-24-12-14/h2-3,5,7-12H,1,4,6H2,(H2,25,26,27). The van der Waals surface area contributed by atoms with E-state index < -0.39 is 16.1 Å². The fourth-order valence-electron chi connectivity index (χ4n) is 3.57.